The van der Waals surface area contributed by atoms with Gasteiger partial charge in [0, 0.05) is 32.3 Å². The predicted molar refractivity (Wildman–Crippen MR) is 311 cm³/mol. The van der Waals surface area contributed by atoms with E-state index < -0.39 is 16.1 Å². The summed E-state index contributed by atoms with van der Waals surface area (Å²) in [5.74, 6) is 2.05. The first-order valence-corrected chi connectivity index (χ1v) is 30.4. The summed E-state index contributed by atoms with van der Waals surface area (Å²) in [6, 6.07) is 93.9. The number of benzene rings is 10. The molecule has 3 aliphatic heterocycles. The smallest absolute Gasteiger partial charge is 0.240 e. The van der Waals surface area contributed by atoms with E-state index >= 15 is 0 Å². The number of rotatable bonds is 6. The quantitative estimate of drug-likeness (QED) is 0.155. The molecule has 2 nitrogen and oxygen atoms in total. The first-order valence-electron chi connectivity index (χ1n) is 25.6. The molecule has 4 heterocycles. The van der Waals surface area contributed by atoms with Gasteiger partial charge in [-0.05, 0) is 102 Å². The molecule has 15 rings (SSSR count). The van der Waals surface area contributed by atoms with Crippen molar-refractivity contribution >= 4 is 124 Å². The summed E-state index contributed by atoms with van der Waals surface area (Å²) in [5, 5.41) is 14.2. The standard InChI is InChI=1S/C66H48BNOSSi2/c1-5-21-47(22-6-1)71(48-23-7-2-8-24-48)61-42-39-45(51-30-19-31-53-52-29-13-18-36-60(52)70-66(51)53)43-55(61)67-54-41-40-46(68-56-32-14-16-34-58(56)69-59-35-17-15-33-57(59)68)44-64(54)72(49-25-9-3-10-26-49,50-27-11-4-12-28-50)63-38-20-37-62(71)65(63)67/h1-14,16,18-32,34,36-44H,15,17,33,35H2. The van der Waals surface area contributed by atoms with E-state index in [9.17, 15) is 0 Å². The van der Waals surface area contributed by atoms with Crippen LogP contribution in [0.3, 0.4) is 0 Å². The van der Waals surface area contributed by atoms with Gasteiger partial charge >= 0.3 is 0 Å². The molecule has 0 amide bonds. The summed E-state index contributed by atoms with van der Waals surface area (Å²) in [5.41, 5.74) is 10.6. The van der Waals surface area contributed by atoms with Crippen LogP contribution in [0, 0.1) is 0 Å². The molecule has 0 N–H and O–H groups in total. The Bertz CT molecular complexity index is 3910. The Hall–Kier alpha value is -7.74. The first kappa shape index (κ1) is 42.0. The summed E-state index contributed by atoms with van der Waals surface area (Å²) in [6.07, 6.45) is 4.25. The van der Waals surface area contributed by atoms with Crippen LogP contribution in [0.25, 0.3) is 31.3 Å². The third kappa shape index (κ3) is 5.88. The Morgan fingerprint density at radius 1 is 0.444 bits per heavy atom. The highest BCUT2D eigenvalue weighted by Crippen LogP contribution is 2.46. The first-order chi connectivity index (χ1) is 35.7. The van der Waals surface area contributed by atoms with Crippen LogP contribution in [0.15, 0.2) is 254 Å². The van der Waals surface area contributed by atoms with E-state index in [1.54, 1.807) is 0 Å². The second-order valence-corrected chi connectivity index (χ2v) is 28.5. The molecule has 340 valence electrons. The van der Waals surface area contributed by atoms with Gasteiger partial charge in [0.15, 0.2) is 21.9 Å². The lowest BCUT2D eigenvalue weighted by molar-refractivity contribution is 0.363. The minimum absolute atomic E-state index is 0.0145. The molecule has 0 fully saturated rings. The van der Waals surface area contributed by atoms with Crippen molar-refractivity contribution in [3.8, 4) is 16.9 Å². The molecule has 0 unspecified atom stereocenters. The maximum atomic E-state index is 6.76. The molecule has 0 radical (unpaired) electrons. The number of para-hydroxylation sites is 2. The van der Waals surface area contributed by atoms with Crippen LogP contribution in [0.5, 0.6) is 5.75 Å². The second kappa shape index (κ2) is 16.4. The highest BCUT2D eigenvalue weighted by molar-refractivity contribution is 7.32. The van der Waals surface area contributed by atoms with Gasteiger partial charge in [-0.3, -0.25) is 0 Å². The zero-order valence-electron chi connectivity index (χ0n) is 39.8. The summed E-state index contributed by atoms with van der Waals surface area (Å²) < 4.78 is 9.43. The highest BCUT2D eigenvalue weighted by Gasteiger charge is 2.57. The van der Waals surface area contributed by atoms with Gasteiger partial charge in [0.05, 0.1) is 11.4 Å². The summed E-state index contributed by atoms with van der Waals surface area (Å²) in [7, 11) is -6.15. The van der Waals surface area contributed by atoms with Crippen molar-refractivity contribution in [3.63, 3.8) is 0 Å². The van der Waals surface area contributed by atoms with Crippen molar-refractivity contribution in [1.82, 2.24) is 0 Å². The maximum absolute atomic E-state index is 6.76. The molecule has 6 heteroatoms. The number of fused-ring (bicyclic) bond motifs is 8. The van der Waals surface area contributed by atoms with Crippen molar-refractivity contribution < 1.29 is 4.74 Å². The van der Waals surface area contributed by atoms with Gasteiger partial charge in [0.25, 0.3) is 0 Å². The summed E-state index contributed by atoms with van der Waals surface area (Å²) in [6.45, 7) is -0.0145. The van der Waals surface area contributed by atoms with Crippen molar-refractivity contribution in [3.05, 3.63) is 254 Å². The molecular formula is C66H48BNOSSi2. The SMILES string of the molecule is c1ccc([Si]2(c3ccccc3)c3ccc(-c4cccc5c4sc4ccccc45)cc3B3c4ccc(N5C6=C(CCCC6)Oc6ccccc65)cc4[Si](c4ccccc4)(c4ccccc4)c4cccc2c43)cc1. The van der Waals surface area contributed by atoms with Crippen LogP contribution in [0.1, 0.15) is 25.7 Å². The van der Waals surface area contributed by atoms with Crippen LogP contribution >= 0.6 is 11.3 Å². The Morgan fingerprint density at radius 3 is 1.72 bits per heavy atom. The van der Waals surface area contributed by atoms with E-state index in [-0.39, 0.29) is 6.71 Å². The molecule has 10 aromatic carbocycles. The van der Waals surface area contributed by atoms with Crippen LogP contribution in [0.4, 0.5) is 11.4 Å². The second-order valence-electron chi connectivity index (χ2n) is 20.0. The van der Waals surface area contributed by atoms with Crippen LogP contribution in [0.2, 0.25) is 0 Å². The molecule has 4 aliphatic rings. The Morgan fingerprint density at radius 2 is 1.03 bits per heavy atom. The fraction of sp³-hybridized carbons (Fsp3) is 0.0606. The maximum Gasteiger partial charge on any atom is 0.240 e. The Kier molecular flexibility index (Phi) is 9.57. The minimum Gasteiger partial charge on any atom is -0.458 e. The average Bonchev–Trinajstić information content (AvgIpc) is 3.85. The van der Waals surface area contributed by atoms with Gasteiger partial charge in [-0.2, -0.15) is 0 Å². The normalized spacial score (nSPS) is 15.8. The van der Waals surface area contributed by atoms with Gasteiger partial charge < -0.3 is 9.64 Å². The number of anilines is 2. The lowest BCUT2D eigenvalue weighted by Crippen LogP contribution is -2.95. The van der Waals surface area contributed by atoms with Crippen LogP contribution in [-0.4, -0.2) is 22.9 Å². The lowest BCUT2D eigenvalue weighted by Gasteiger charge is -2.50. The fourth-order valence-electron chi connectivity index (χ4n) is 13.7. The fourth-order valence-corrected chi connectivity index (χ4v) is 25.6. The summed E-state index contributed by atoms with van der Waals surface area (Å²) in [4.78, 5) is 2.57. The zero-order valence-corrected chi connectivity index (χ0v) is 42.6. The monoisotopic (exact) mass is 969 g/mol. The molecule has 1 aliphatic carbocycles. The molecule has 0 saturated heterocycles. The van der Waals surface area contributed by atoms with Gasteiger partial charge in [-0.25, -0.2) is 0 Å². The highest BCUT2D eigenvalue weighted by atomic mass is 32.1. The van der Waals surface area contributed by atoms with Gasteiger partial charge in [0.1, 0.15) is 5.76 Å². The third-order valence-corrected chi connectivity index (χ3v) is 27.5. The van der Waals surface area contributed by atoms with Crippen molar-refractivity contribution in [2.24, 2.45) is 0 Å². The number of thiophene rings is 1. The number of ether oxygens (including phenoxy) is 1. The Labute approximate surface area is 427 Å². The van der Waals surface area contributed by atoms with Crippen LogP contribution in [-0.2, 0) is 0 Å². The molecular weight excluding hydrogens is 922 g/mol. The molecule has 0 bridgehead atoms. The van der Waals surface area contributed by atoms with E-state index in [4.69, 9.17) is 4.74 Å². The van der Waals surface area contributed by atoms with E-state index in [1.807, 2.05) is 11.3 Å². The zero-order chi connectivity index (χ0) is 47.4. The number of allylic oxidation sites excluding steroid dienone is 2. The van der Waals surface area contributed by atoms with E-state index in [1.165, 1.54) is 101 Å². The van der Waals surface area contributed by atoms with Gasteiger partial charge in [-0.15, -0.1) is 11.3 Å². The minimum atomic E-state index is -3.13. The lowest BCUT2D eigenvalue weighted by atomic mass is 9.36. The van der Waals surface area contributed by atoms with Crippen molar-refractivity contribution in [1.29, 1.82) is 0 Å². The molecule has 0 spiro atoms. The van der Waals surface area contributed by atoms with E-state index in [0.29, 0.717) is 0 Å². The molecule has 0 atom stereocenters. The number of nitrogens with zero attached hydrogens (tertiary/aromatic N) is 1. The molecule has 1 aromatic heterocycles. The predicted octanol–water partition coefficient (Wildman–Crippen LogP) is 8.94. The molecule has 11 aromatic rings. The van der Waals surface area contributed by atoms with Gasteiger partial charge in [-0.1, -0.05) is 229 Å². The average molecular weight is 970 g/mol. The Balaban J connectivity index is 1.10. The van der Waals surface area contributed by atoms with E-state index in [0.717, 1.165) is 42.9 Å². The van der Waals surface area contributed by atoms with E-state index in [2.05, 4.69) is 248 Å². The molecule has 0 saturated carbocycles. The number of hydrogen-bond acceptors (Lipinski definition) is 3. The largest absolute Gasteiger partial charge is 0.458 e. The topological polar surface area (TPSA) is 12.5 Å². The van der Waals surface area contributed by atoms with Crippen LogP contribution < -0.4 is 67.5 Å². The molecule has 72 heavy (non-hydrogen) atoms. The van der Waals surface area contributed by atoms with Crippen molar-refractivity contribution in [2.75, 3.05) is 4.90 Å². The van der Waals surface area contributed by atoms with Gasteiger partial charge in [0.2, 0.25) is 6.71 Å². The number of hydrogen-bond donors (Lipinski definition) is 0. The van der Waals surface area contributed by atoms with Crippen molar-refractivity contribution in [2.45, 2.75) is 25.7 Å². The third-order valence-electron chi connectivity index (χ3n) is 16.5. The summed E-state index contributed by atoms with van der Waals surface area (Å²) >= 11 is 1.92.